The predicted octanol–water partition coefficient (Wildman–Crippen LogP) is 4.48. The summed E-state index contributed by atoms with van der Waals surface area (Å²) in [4.78, 5) is 11.2. The smallest absolute Gasteiger partial charge is 0.231 e. The van der Waals surface area contributed by atoms with Crippen LogP contribution in [0.4, 0.5) is 0 Å². The quantitative estimate of drug-likeness (QED) is 0.698. The van der Waals surface area contributed by atoms with E-state index in [9.17, 15) is 0 Å². The van der Waals surface area contributed by atoms with E-state index < -0.39 is 0 Å². The van der Waals surface area contributed by atoms with Gasteiger partial charge in [0.1, 0.15) is 16.9 Å². The van der Waals surface area contributed by atoms with Gasteiger partial charge in [0.2, 0.25) is 5.88 Å². The van der Waals surface area contributed by atoms with Crippen LogP contribution in [0.15, 0.2) is 30.6 Å². The number of hydrogen-bond donors (Lipinski definition) is 0. The zero-order chi connectivity index (χ0) is 15.8. The molecule has 2 aromatic heterocycles. The molecule has 4 nitrogen and oxygen atoms in total. The van der Waals surface area contributed by atoms with E-state index >= 15 is 0 Å². The van der Waals surface area contributed by atoms with Crippen LogP contribution in [0.2, 0.25) is 0 Å². The van der Waals surface area contributed by atoms with Crippen LogP contribution < -0.4 is 4.74 Å². The number of thiophene rings is 1. The van der Waals surface area contributed by atoms with Crippen LogP contribution in [0.25, 0.3) is 10.2 Å². The Labute approximate surface area is 138 Å². The summed E-state index contributed by atoms with van der Waals surface area (Å²) >= 11 is 1.75. The molecule has 1 aromatic carbocycles. The Kier molecular flexibility index (Phi) is 3.47. The van der Waals surface area contributed by atoms with Crippen LogP contribution in [0.3, 0.4) is 0 Å². The van der Waals surface area contributed by atoms with E-state index in [1.54, 1.807) is 29.8 Å². The average molecular weight is 321 g/mol. The summed E-state index contributed by atoms with van der Waals surface area (Å²) < 4.78 is 5.99. The first kappa shape index (κ1) is 14.2. The Morgan fingerprint density at radius 2 is 2.26 bits per heavy atom. The first-order valence-corrected chi connectivity index (χ1v) is 8.49. The zero-order valence-corrected chi connectivity index (χ0v) is 13.6. The molecule has 1 atom stereocenters. The summed E-state index contributed by atoms with van der Waals surface area (Å²) in [7, 11) is 0. The number of nitriles is 1. The summed E-state index contributed by atoms with van der Waals surface area (Å²) in [5.41, 5.74) is 1.92. The van der Waals surface area contributed by atoms with Gasteiger partial charge in [0.05, 0.1) is 17.0 Å². The monoisotopic (exact) mass is 321 g/mol. The highest BCUT2D eigenvalue weighted by Gasteiger charge is 2.23. The fraction of sp³-hybridized carbons (Fsp3) is 0.278. The first-order valence-electron chi connectivity index (χ1n) is 7.68. The molecule has 0 aliphatic heterocycles. The van der Waals surface area contributed by atoms with Gasteiger partial charge in [-0.15, -0.1) is 11.3 Å². The van der Waals surface area contributed by atoms with Gasteiger partial charge >= 0.3 is 0 Å². The molecule has 23 heavy (non-hydrogen) atoms. The Balaban J connectivity index is 1.79. The van der Waals surface area contributed by atoms with Gasteiger partial charge < -0.3 is 4.74 Å². The van der Waals surface area contributed by atoms with Crippen molar-refractivity contribution in [1.29, 1.82) is 5.26 Å². The number of aryl methyl sites for hydroxylation is 1. The second-order valence-electron chi connectivity index (χ2n) is 5.95. The Morgan fingerprint density at radius 1 is 1.35 bits per heavy atom. The maximum atomic E-state index is 9.02. The number of nitrogens with zero attached hydrogens (tertiary/aromatic N) is 3. The second-order valence-corrected chi connectivity index (χ2v) is 7.04. The van der Waals surface area contributed by atoms with Crippen molar-refractivity contribution in [3.05, 3.63) is 46.6 Å². The third kappa shape index (κ3) is 2.55. The van der Waals surface area contributed by atoms with E-state index in [0.717, 1.165) is 29.0 Å². The van der Waals surface area contributed by atoms with Crippen molar-refractivity contribution in [3.63, 3.8) is 0 Å². The van der Waals surface area contributed by atoms with Gasteiger partial charge in [0.15, 0.2) is 0 Å². The first-order chi connectivity index (χ1) is 11.2. The number of ether oxygens (including phenoxy) is 1. The molecule has 1 aliphatic carbocycles. The molecule has 5 heteroatoms. The van der Waals surface area contributed by atoms with Crippen molar-refractivity contribution in [2.75, 3.05) is 0 Å². The van der Waals surface area contributed by atoms with Crippen LogP contribution in [0.5, 0.6) is 11.6 Å². The van der Waals surface area contributed by atoms with E-state index in [-0.39, 0.29) is 0 Å². The molecule has 0 spiro atoms. The van der Waals surface area contributed by atoms with Crippen molar-refractivity contribution >= 4 is 21.6 Å². The fourth-order valence-electron chi connectivity index (χ4n) is 3.06. The summed E-state index contributed by atoms with van der Waals surface area (Å²) in [6.45, 7) is 2.30. The van der Waals surface area contributed by atoms with Crippen molar-refractivity contribution in [2.45, 2.75) is 26.2 Å². The van der Waals surface area contributed by atoms with Gasteiger partial charge in [-0.1, -0.05) is 13.0 Å². The Bertz CT molecular complexity index is 926. The maximum absolute atomic E-state index is 9.02. The standard InChI is InChI=1S/C18H15N3OS/c1-11-5-6-14-15(7-11)23-18-16(14)17(20-10-21-18)22-13-4-2-3-12(8-13)9-19/h2-4,8,10-11H,5-7H2,1H3/t11-/m0/s1. The molecule has 0 radical (unpaired) electrons. The molecule has 0 saturated carbocycles. The highest BCUT2D eigenvalue weighted by atomic mass is 32.1. The molecule has 0 saturated heterocycles. The molecule has 114 valence electrons. The van der Waals surface area contributed by atoms with Crippen LogP contribution in [0, 0.1) is 17.2 Å². The summed E-state index contributed by atoms with van der Waals surface area (Å²) in [5, 5.41) is 10.1. The lowest BCUT2D eigenvalue weighted by Crippen LogP contribution is -2.08. The molecule has 0 fully saturated rings. The number of aromatic nitrogens is 2. The number of benzene rings is 1. The third-order valence-electron chi connectivity index (χ3n) is 4.23. The lowest BCUT2D eigenvalue weighted by atomic mass is 9.89. The molecule has 0 N–H and O–H groups in total. The van der Waals surface area contributed by atoms with E-state index in [4.69, 9.17) is 10.00 Å². The van der Waals surface area contributed by atoms with Gasteiger partial charge in [0.25, 0.3) is 0 Å². The van der Waals surface area contributed by atoms with E-state index in [1.807, 2.05) is 12.1 Å². The van der Waals surface area contributed by atoms with Gasteiger partial charge in [-0.05, 0) is 48.9 Å². The predicted molar refractivity (Wildman–Crippen MR) is 89.8 cm³/mol. The van der Waals surface area contributed by atoms with Crippen LogP contribution >= 0.6 is 11.3 Å². The zero-order valence-electron chi connectivity index (χ0n) is 12.7. The molecular formula is C18H15N3OS. The van der Waals surface area contributed by atoms with Crippen molar-refractivity contribution in [3.8, 4) is 17.7 Å². The lowest BCUT2D eigenvalue weighted by molar-refractivity contribution is 0.466. The van der Waals surface area contributed by atoms with Crippen molar-refractivity contribution < 1.29 is 4.74 Å². The Morgan fingerprint density at radius 3 is 3.13 bits per heavy atom. The second kappa shape index (κ2) is 5.64. The maximum Gasteiger partial charge on any atom is 0.231 e. The van der Waals surface area contributed by atoms with Crippen LogP contribution in [-0.2, 0) is 12.8 Å². The van der Waals surface area contributed by atoms with Crippen LogP contribution in [-0.4, -0.2) is 9.97 Å². The topological polar surface area (TPSA) is 58.8 Å². The fourth-order valence-corrected chi connectivity index (χ4v) is 4.41. The van der Waals surface area contributed by atoms with Gasteiger partial charge in [0, 0.05) is 4.88 Å². The van der Waals surface area contributed by atoms with E-state index in [2.05, 4.69) is 23.0 Å². The molecule has 0 bridgehead atoms. The molecule has 4 rings (SSSR count). The highest BCUT2D eigenvalue weighted by molar-refractivity contribution is 7.18. The van der Waals surface area contributed by atoms with Gasteiger partial charge in [-0.3, -0.25) is 0 Å². The average Bonchev–Trinajstić information content (AvgIpc) is 2.93. The molecule has 0 unspecified atom stereocenters. The SMILES string of the molecule is C[C@H]1CCc2c(sc3ncnc(Oc4cccc(C#N)c4)c23)C1. The number of rotatable bonds is 2. The summed E-state index contributed by atoms with van der Waals surface area (Å²) in [6, 6.07) is 9.28. The van der Waals surface area contributed by atoms with E-state index in [1.165, 1.54) is 16.9 Å². The minimum atomic E-state index is 0.578. The molecular weight excluding hydrogens is 306 g/mol. The summed E-state index contributed by atoms with van der Waals surface area (Å²) in [6.07, 6.45) is 4.91. The van der Waals surface area contributed by atoms with Crippen molar-refractivity contribution in [1.82, 2.24) is 9.97 Å². The number of hydrogen-bond acceptors (Lipinski definition) is 5. The number of fused-ring (bicyclic) bond motifs is 3. The Hall–Kier alpha value is -2.45. The lowest BCUT2D eigenvalue weighted by Gasteiger charge is -2.18. The minimum absolute atomic E-state index is 0.578. The largest absolute Gasteiger partial charge is 0.438 e. The summed E-state index contributed by atoms with van der Waals surface area (Å²) in [5.74, 6) is 1.95. The molecule has 1 aliphatic rings. The molecule has 2 heterocycles. The third-order valence-corrected chi connectivity index (χ3v) is 5.40. The van der Waals surface area contributed by atoms with E-state index in [0.29, 0.717) is 17.2 Å². The van der Waals surface area contributed by atoms with Gasteiger partial charge in [-0.25, -0.2) is 9.97 Å². The van der Waals surface area contributed by atoms with Crippen molar-refractivity contribution in [2.24, 2.45) is 5.92 Å². The molecule has 3 aromatic rings. The molecule has 0 amide bonds. The highest BCUT2D eigenvalue weighted by Crippen LogP contribution is 2.41. The minimum Gasteiger partial charge on any atom is -0.438 e. The normalized spacial score (nSPS) is 16.8. The van der Waals surface area contributed by atoms with Gasteiger partial charge in [-0.2, -0.15) is 5.26 Å². The van der Waals surface area contributed by atoms with Crippen LogP contribution in [0.1, 0.15) is 29.3 Å².